The molecule has 1 aliphatic rings. The Morgan fingerprint density at radius 3 is 2.70 bits per heavy atom. The van der Waals surface area contributed by atoms with Crippen molar-refractivity contribution in [3.8, 4) is 22.6 Å². The van der Waals surface area contributed by atoms with E-state index in [1.807, 2.05) is 41.4 Å². The van der Waals surface area contributed by atoms with E-state index in [4.69, 9.17) is 4.98 Å². The molecule has 1 aliphatic heterocycles. The van der Waals surface area contributed by atoms with Crippen LogP contribution in [0.2, 0.25) is 0 Å². The van der Waals surface area contributed by atoms with Crippen molar-refractivity contribution in [1.29, 1.82) is 0 Å². The number of rotatable bonds is 3. The van der Waals surface area contributed by atoms with Gasteiger partial charge in [-0.2, -0.15) is 0 Å². The van der Waals surface area contributed by atoms with Crippen LogP contribution in [-0.4, -0.2) is 43.8 Å². The van der Waals surface area contributed by atoms with Gasteiger partial charge in [-0.05, 0) is 42.7 Å². The van der Waals surface area contributed by atoms with Gasteiger partial charge in [0.1, 0.15) is 5.69 Å². The lowest BCUT2D eigenvalue weighted by atomic mass is 9.90. The zero-order chi connectivity index (χ0) is 18.6. The molecule has 6 nitrogen and oxygen atoms in total. The fourth-order valence-electron chi connectivity index (χ4n) is 3.56. The zero-order valence-electron chi connectivity index (χ0n) is 15.2. The molecule has 4 heterocycles. The summed E-state index contributed by atoms with van der Waals surface area (Å²) in [4.78, 5) is 31.8. The summed E-state index contributed by atoms with van der Waals surface area (Å²) in [5.41, 5.74) is 3.75. The highest BCUT2D eigenvalue weighted by Crippen LogP contribution is 2.33. The number of amides is 1. The second-order valence-electron chi connectivity index (χ2n) is 6.75. The molecule has 3 aromatic rings. The van der Waals surface area contributed by atoms with Crippen LogP contribution in [0.4, 0.5) is 0 Å². The standard InChI is InChI=1S/C21H21N5O/c1-15(27)26-12-4-5-17(14-26)20-18(16-7-10-22-11-8-16)13-24-21(25-20)19-6-2-3-9-23-19/h2-3,6-11,13,17H,4-5,12,14H2,1H3. The number of nitrogens with zero attached hydrogens (tertiary/aromatic N) is 5. The van der Waals surface area contributed by atoms with E-state index in [-0.39, 0.29) is 11.8 Å². The van der Waals surface area contributed by atoms with Gasteiger partial charge in [0.2, 0.25) is 5.91 Å². The number of pyridine rings is 2. The van der Waals surface area contributed by atoms with E-state index in [0.29, 0.717) is 12.4 Å². The fourth-order valence-corrected chi connectivity index (χ4v) is 3.56. The third kappa shape index (κ3) is 3.69. The molecule has 0 spiro atoms. The number of likely N-dealkylation sites (tertiary alicyclic amines) is 1. The second kappa shape index (κ2) is 7.61. The maximum Gasteiger partial charge on any atom is 0.219 e. The quantitative estimate of drug-likeness (QED) is 0.717. The maximum absolute atomic E-state index is 11.9. The van der Waals surface area contributed by atoms with Crippen LogP contribution in [0.3, 0.4) is 0 Å². The molecular formula is C21H21N5O. The molecule has 1 fully saturated rings. The lowest BCUT2D eigenvalue weighted by molar-refractivity contribution is -0.130. The first-order valence-corrected chi connectivity index (χ1v) is 9.16. The minimum Gasteiger partial charge on any atom is -0.342 e. The fraction of sp³-hybridized carbons (Fsp3) is 0.286. The van der Waals surface area contributed by atoms with E-state index in [0.717, 1.165) is 41.9 Å². The summed E-state index contributed by atoms with van der Waals surface area (Å²) in [6.45, 7) is 3.13. The first kappa shape index (κ1) is 17.3. The lowest BCUT2D eigenvalue weighted by Gasteiger charge is -2.32. The minimum absolute atomic E-state index is 0.115. The van der Waals surface area contributed by atoms with Gasteiger partial charge >= 0.3 is 0 Å². The Bertz CT molecular complexity index is 930. The number of aromatic nitrogens is 4. The Hall–Kier alpha value is -3.15. The molecule has 3 aromatic heterocycles. The Morgan fingerprint density at radius 1 is 1.11 bits per heavy atom. The normalized spacial score (nSPS) is 16.9. The first-order chi connectivity index (χ1) is 13.2. The van der Waals surface area contributed by atoms with Gasteiger partial charge in [0.25, 0.3) is 0 Å². The molecule has 1 saturated heterocycles. The third-order valence-corrected chi connectivity index (χ3v) is 4.96. The van der Waals surface area contributed by atoms with Crippen LogP contribution in [0.5, 0.6) is 0 Å². The van der Waals surface area contributed by atoms with Crippen LogP contribution in [0.25, 0.3) is 22.6 Å². The molecule has 1 atom stereocenters. The molecule has 0 N–H and O–H groups in total. The molecule has 1 unspecified atom stereocenters. The van der Waals surface area contributed by atoms with E-state index in [1.54, 1.807) is 25.5 Å². The van der Waals surface area contributed by atoms with Crippen LogP contribution in [0.1, 0.15) is 31.4 Å². The molecule has 0 aromatic carbocycles. The molecule has 0 aliphatic carbocycles. The van der Waals surface area contributed by atoms with Gasteiger partial charge in [-0.1, -0.05) is 6.07 Å². The van der Waals surface area contributed by atoms with Gasteiger partial charge in [-0.3, -0.25) is 14.8 Å². The highest BCUT2D eigenvalue weighted by molar-refractivity contribution is 5.73. The average Bonchev–Trinajstić information content (AvgIpc) is 2.74. The largest absolute Gasteiger partial charge is 0.342 e. The van der Waals surface area contributed by atoms with E-state index in [1.165, 1.54) is 0 Å². The second-order valence-corrected chi connectivity index (χ2v) is 6.75. The van der Waals surface area contributed by atoms with E-state index in [9.17, 15) is 4.79 Å². The number of piperidine rings is 1. The average molecular weight is 359 g/mol. The van der Waals surface area contributed by atoms with Crippen molar-refractivity contribution in [2.45, 2.75) is 25.7 Å². The van der Waals surface area contributed by atoms with Crippen LogP contribution in [0.15, 0.2) is 55.1 Å². The van der Waals surface area contributed by atoms with E-state index in [2.05, 4.69) is 15.0 Å². The van der Waals surface area contributed by atoms with Crippen LogP contribution in [0, 0.1) is 0 Å². The monoisotopic (exact) mass is 359 g/mol. The summed E-state index contributed by atoms with van der Waals surface area (Å²) < 4.78 is 0. The van der Waals surface area contributed by atoms with Crippen molar-refractivity contribution >= 4 is 5.91 Å². The van der Waals surface area contributed by atoms with Gasteiger partial charge in [0.15, 0.2) is 5.82 Å². The van der Waals surface area contributed by atoms with Crippen LogP contribution in [-0.2, 0) is 4.79 Å². The zero-order valence-corrected chi connectivity index (χ0v) is 15.2. The Balaban J connectivity index is 1.79. The van der Waals surface area contributed by atoms with Gasteiger partial charge in [-0.15, -0.1) is 0 Å². The summed E-state index contributed by atoms with van der Waals surface area (Å²) in [5.74, 6) is 0.906. The molecule has 4 rings (SSSR count). The van der Waals surface area contributed by atoms with Crippen LogP contribution >= 0.6 is 0 Å². The predicted molar refractivity (Wildman–Crippen MR) is 103 cm³/mol. The topological polar surface area (TPSA) is 71.9 Å². The summed E-state index contributed by atoms with van der Waals surface area (Å²) in [6.07, 6.45) is 9.13. The summed E-state index contributed by atoms with van der Waals surface area (Å²) in [5, 5.41) is 0. The van der Waals surface area contributed by atoms with E-state index < -0.39 is 0 Å². The highest BCUT2D eigenvalue weighted by Gasteiger charge is 2.27. The Labute approximate surface area is 158 Å². The predicted octanol–water partition coefficient (Wildman–Crippen LogP) is 3.33. The van der Waals surface area contributed by atoms with Crippen LogP contribution < -0.4 is 0 Å². The van der Waals surface area contributed by atoms with Crippen molar-refractivity contribution in [1.82, 2.24) is 24.8 Å². The van der Waals surface area contributed by atoms with Gasteiger partial charge in [0, 0.05) is 56.3 Å². The van der Waals surface area contributed by atoms with Gasteiger partial charge < -0.3 is 4.90 Å². The van der Waals surface area contributed by atoms with Crippen molar-refractivity contribution < 1.29 is 4.79 Å². The molecule has 27 heavy (non-hydrogen) atoms. The van der Waals surface area contributed by atoms with Crippen molar-refractivity contribution in [2.75, 3.05) is 13.1 Å². The molecule has 0 saturated carbocycles. The lowest BCUT2D eigenvalue weighted by Crippen LogP contribution is -2.38. The molecule has 6 heteroatoms. The van der Waals surface area contributed by atoms with Gasteiger partial charge in [0.05, 0.1) is 5.69 Å². The number of hydrogen-bond donors (Lipinski definition) is 0. The van der Waals surface area contributed by atoms with Crippen molar-refractivity contribution in [3.05, 3.63) is 60.8 Å². The molecular weight excluding hydrogens is 338 g/mol. The number of hydrogen-bond acceptors (Lipinski definition) is 5. The Kier molecular flexibility index (Phi) is 4.87. The molecule has 0 radical (unpaired) electrons. The molecule has 0 bridgehead atoms. The number of carbonyl (C=O) groups excluding carboxylic acids is 1. The molecule has 1 amide bonds. The SMILES string of the molecule is CC(=O)N1CCCC(c2nc(-c3ccccn3)ncc2-c2ccncc2)C1. The van der Waals surface area contributed by atoms with Crippen molar-refractivity contribution in [2.24, 2.45) is 0 Å². The summed E-state index contributed by atoms with van der Waals surface area (Å²) in [7, 11) is 0. The van der Waals surface area contributed by atoms with Crippen molar-refractivity contribution in [3.63, 3.8) is 0 Å². The number of carbonyl (C=O) groups is 1. The highest BCUT2D eigenvalue weighted by atomic mass is 16.2. The van der Waals surface area contributed by atoms with E-state index >= 15 is 0 Å². The minimum atomic E-state index is 0.115. The summed E-state index contributed by atoms with van der Waals surface area (Å²) in [6, 6.07) is 9.65. The summed E-state index contributed by atoms with van der Waals surface area (Å²) >= 11 is 0. The van der Waals surface area contributed by atoms with Gasteiger partial charge in [-0.25, -0.2) is 9.97 Å². The third-order valence-electron chi connectivity index (χ3n) is 4.96. The maximum atomic E-state index is 11.9. The smallest absolute Gasteiger partial charge is 0.219 e. The molecule has 136 valence electrons. The first-order valence-electron chi connectivity index (χ1n) is 9.16. The Morgan fingerprint density at radius 2 is 1.96 bits per heavy atom.